The molecule has 0 aromatic heterocycles. The highest BCUT2D eigenvalue weighted by Crippen LogP contribution is 2.27. The van der Waals surface area contributed by atoms with Crippen molar-refractivity contribution in [3.8, 4) is 0 Å². The molecule has 1 rings (SSSR count). The van der Waals surface area contributed by atoms with Crippen molar-refractivity contribution in [2.45, 2.75) is 33.7 Å². The summed E-state index contributed by atoms with van der Waals surface area (Å²) in [6, 6.07) is 8.13. The summed E-state index contributed by atoms with van der Waals surface area (Å²) in [6.45, 7) is 8.91. The van der Waals surface area contributed by atoms with E-state index >= 15 is 0 Å². The van der Waals surface area contributed by atoms with Gasteiger partial charge in [0.15, 0.2) is 0 Å². The number of rotatable bonds is 3. The lowest BCUT2D eigenvalue weighted by atomic mass is 9.87. The number of nitrogens with zero attached hydrogens (tertiary/aromatic N) is 1. The molecule has 88 valence electrons. The maximum atomic E-state index is 10.6. The van der Waals surface area contributed by atoms with Gasteiger partial charge in [-0.05, 0) is 36.6 Å². The Kier molecular flexibility index (Phi) is 3.74. The van der Waals surface area contributed by atoms with Crippen molar-refractivity contribution < 1.29 is 4.79 Å². The molecule has 0 amide bonds. The summed E-state index contributed by atoms with van der Waals surface area (Å²) in [4.78, 5) is 12.8. The zero-order valence-electron chi connectivity index (χ0n) is 10.8. The van der Waals surface area contributed by atoms with Crippen LogP contribution in [-0.4, -0.2) is 19.4 Å². The summed E-state index contributed by atoms with van der Waals surface area (Å²) >= 11 is 0. The highest BCUT2D eigenvalue weighted by Gasteiger charge is 2.23. The van der Waals surface area contributed by atoms with Crippen LogP contribution in [0.5, 0.6) is 0 Å². The van der Waals surface area contributed by atoms with Crippen molar-refractivity contribution in [2.24, 2.45) is 5.41 Å². The minimum absolute atomic E-state index is 0.234. The molecule has 0 saturated heterocycles. The second kappa shape index (κ2) is 4.69. The number of hydrogen-bond donors (Lipinski definition) is 0. The normalized spacial score (nSPS) is 13.3. The molecule has 0 saturated carbocycles. The molecule has 0 heterocycles. The van der Waals surface area contributed by atoms with E-state index in [1.54, 1.807) is 0 Å². The number of aldehydes is 1. The Morgan fingerprint density at radius 2 is 1.69 bits per heavy atom. The van der Waals surface area contributed by atoms with Gasteiger partial charge >= 0.3 is 0 Å². The zero-order valence-corrected chi connectivity index (χ0v) is 10.8. The van der Waals surface area contributed by atoms with Gasteiger partial charge in [0.05, 0.1) is 0 Å². The molecule has 2 nitrogen and oxygen atoms in total. The largest absolute Gasteiger partial charge is 0.371 e. The fourth-order valence-corrected chi connectivity index (χ4v) is 1.59. The number of anilines is 1. The third kappa shape index (κ3) is 2.84. The van der Waals surface area contributed by atoms with Crippen LogP contribution in [0.25, 0.3) is 0 Å². The van der Waals surface area contributed by atoms with Crippen molar-refractivity contribution >= 4 is 12.0 Å². The minimum atomic E-state index is 0.234. The van der Waals surface area contributed by atoms with Crippen molar-refractivity contribution in [1.29, 1.82) is 0 Å². The second-order valence-electron chi connectivity index (χ2n) is 5.36. The third-order valence-electron chi connectivity index (χ3n) is 3.27. The van der Waals surface area contributed by atoms with Gasteiger partial charge in [-0.1, -0.05) is 20.8 Å². The van der Waals surface area contributed by atoms with E-state index in [4.69, 9.17) is 0 Å². The molecule has 1 aromatic carbocycles. The smallest absolute Gasteiger partial charge is 0.150 e. The fourth-order valence-electron chi connectivity index (χ4n) is 1.59. The lowest BCUT2D eigenvalue weighted by Crippen LogP contribution is -2.39. The molecule has 0 N–H and O–H groups in total. The van der Waals surface area contributed by atoms with E-state index in [1.165, 1.54) is 0 Å². The van der Waals surface area contributed by atoms with Crippen LogP contribution in [0.15, 0.2) is 24.3 Å². The molecule has 1 atom stereocenters. The summed E-state index contributed by atoms with van der Waals surface area (Å²) in [7, 11) is 2.09. The first-order chi connectivity index (χ1) is 7.36. The quantitative estimate of drug-likeness (QED) is 0.726. The van der Waals surface area contributed by atoms with E-state index in [0.717, 1.165) is 17.5 Å². The van der Waals surface area contributed by atoms with Crippen LogP contribution < -0.4 is 4.90 Å². The van der Waals surface area contributed by atoms with Gasteiger partial charge in [0.25, 0.3) is 0 Å². The van der Waals surface area contributed by atoms with Crippen molar-refractivity contribution in [3.63, 3.8) is 0 Å². The summed E-state index contributed by atoms with van der Waals surface area (Å²) < 4.78 is 0. The Labute approximate surface area is 98.3 Å². The van der Waals surface area contributed by atoms with E-state index < -0.39 is 0 Å². The van der Waals surface area contributed by atoms with Gasteiger partial charge < -0.3 is 4.90 Å². The molecule has 1 aromatic rings. The monoisotopic (exact) mass is 219 g/mol. The molecule has 1 unspecified atom stereocenters. The molecule has 0 fully saturated rings. The van der Waals surface area contributed by atoms with Crippen LogP contribution >= 0.6 is 0 Å². The first-order valence-electron chi connectivity index (χ1n) is 5.64. The molecule has 0 aliphatic rings. The van der Waals surface area contributed by atoms with Gasteiger partial charge in [-0.15, -0.1) is 0 Å². The number of carbonyl (C=O) groups excluding carboxylic acids is 1. The van der Waals surface area contributed by atoms with Crippen molar-refractivity contribution in [3.05, 3.63) is 29.8 Å². The van der Waals surface area contributed by atoms with Gasteiger partial charge in [-0.25, -0.2) is 0 Å². The SMILES string of the molecule is CC(N(C)c1ccc(C=O)cc1)C(C)(C)C. The average molecular weight is 219 g/mol. The van der Waals surface area contributed by atoms with Crippen LogP contribution in [0, 0.1) is 5.41 Å². The maximum absolute atomic E-state index is 10.6. The Balaban J connectivity index is 2.88. The number of benzene rings is 1. The average Bonchev–Trinajstić information content (AvgIpc) is 2.26. The van der Waals surface area contributed by atoms with E-state index in [0.29, 0.717) is 6.04 Å². The van der Waals surface area contributed by atoms with Crippen LogP contribution in [0.4, 0.5) is 5.69 Å². The van der Waals surface area contributed by atoms with Gasteiger partial charge in [-0.2, -0.15) is 0 Å². The molecule has 16 heavy (non-hydrogen) atoms. The lowest BCUT2D eigenvalue weighted by molar-refractivity contribution is 0.112. The summed E-state index contributed by atoms with van der Waals surface area (Å²) in [6.07, 6.45) is 0.872. The Morgan fingerprint density at radius 3 is 2.06 bits per heavy atom. The van der Waals surface area contributed by atoms with Crippen molar-refractivity contribution in [2.75, 3.05) is 11.9 Å². The Hall–Kier alpha value is -1.31. The first-order valence-corrected chi connectivity index (χ1v) is 5.64. The fraction of sp³-hybridized carbons (Fsp3) is 0.500. The second-order valence-corrected chi connectivity index (χ2v) is 5.36. The van der Waals surface area contributed by atoms with E-state index in [-0.39, 0.29) is 5.41 Å². The molecular formula is C14H21NO. The van der Waals surface area contributed by atoms with Gasteiger partial charge in [0.1, 0.15) is 6.29 Å². The predicted molar refractivity (Wildman–Crippen MR) is 69.1 cm³/mol. The van der Waals surface area contributed by atoms with Crippen LogP contribution in [0.2, 0.25) is 0 Å². The van der Waals surface area contributed by atoms with Crippen LogP contribution in [0.1, 0.15) is 38.1 Å². The van der Waals surface area contributed by atoms with E-state index in [1.807, 2.05) is 24.3 Å². The number of carbonyl (C=O) groups is 1. The van der Waals surface area contributed by atoms with Gasteiger partial charge in [0.2, 0.25) is 0 Å². The standard InChI is InChI=1S/C14H21NO/c1-11(14(2,3)4)15(5)13-8-6-12(10-16)7-9-13/h6-11H,1-5H3. The van der Waals surface area contributed by atoms with E-state index in [2.05, 4.69) is 39.6 Å². The molecule has 0 bridgehead atoms. The lowest BCUT2D eigenvalue weighted by Gasteiger charge is -2.36. The Morgan fingerprint density at radius 1 is 1.19 bits per heavy atom. The summed E-state index contributed by atoms with van der Waals surface area (Å²) in [5.74, 6) is 0. The van der Waals surface area contributed by atoms with Gasteiger partial charge in [0, 0.05) is 24.3 Å². The highest BCUT2D eigenvalue weighted by atomic mass is 16.1. The van der Waals surface area contributed by atoms with Crippen LogP contribution in [0.3, 0.4) is 0 Å². The molecule has 0 aliphatic carbocycles. The third-order valence-corrected chi connectivity index (χ3v) is 3.27. The first kappa shape index (κ1) is 12.8. The topological polar surface area (TPSA) is 20.3 Å². The van der Waals surface area contributed by atoms with Gasteiger partial charge in [-0.3, -0.25) is 4.79 Å². The molecule has 2 heteroatoms. The van der Waals surface area contributed by atoms with E-state index in [9.17, 15) is 4.79 Å². The van der Waals surface area contributed by atoms with Crippen molar-refractivity contribution in [1.82, 2.24) is 0 Å². The molecular weight excluding hydrogens is 198 g/mol. The summed E-state index contributed by atoms with van der Waals surface area (Å²) in [5, 5.41) is 0. The minimum Gasteiger partial charge on any atom is -0.371 e. The van der Waals surface area contributed by atoms with Crippen LogP contribution in [-0.2, 0) is 0 Å². The summed E-state index contributed by atoms with van der Waals surface area (Å²) in [5.41, 5.74) is 2.10. The predicted octanol–water partition coefficient (Wildman–Crippen LogP) is 3.37. The number of hydrogen-bond acceptors (Lipinski definition) is 2. The maximum Gasteiger partial charge on any atom is 0.150 e. The molecule has 0 aliphatic heterocycles. The molecule has 0 spiro atoms. The Bertz CT molecular complexity index is 348. The highest BCUT2D eigenvalue weighted by molar-refractivity contribution is 5.75. The molecule has 0 radical (unpaired) electrons. The zero-order chi connectivity index (χ0) is 12.3.